The summed E-state index contributed by atoms with van der Waals surface area (Å²) in [6.45, 7) is 16.1. The van der Waals surface area contributed by atoms with E-state index in [9.17, 15) is 19.8 Å². The molecule has 4 fully saturated rings. The number of hydrogen-bond donors (Lipinski definition) is 3. The molecule has 0 unspecified atom stereocenters. The minimum Gasteiger partial charge on any atom is -0.393 e. The molecule has 49 heavy (non-hydrogen) atoms. The van der Waals surface area contributed by atoms with Crippen LogP contribution >= 0.6 is 11.3 Å². The third-order valence-corrected chi connectivity index (χ3v) is 14.5. The minimum absolute atomic E-state index is 0.00129. The van der Waals surface area contributed by atoms with Gasteiger partial charge in [0.15, 0.2) is 0 Å². The number of fused-ring (bicyclic) bond motifs is 10. The lowest BCUT2D eigenvalue weighted by atomic mass is 9.45. The van der Waals surface area contributed by atoms with Crippen molar-refractivity contribution in [3.8, 4) is 0 Å². The summed E-state index contributed by atoms with van der Waals surface area (Å²) in [7, 11) is 0. The summed E-state index contributed by atoms with van der Waals surface area (Å²) in [4.78, 5) is 32.0. The van der Waals surface area contributed by atoms with Gasteiger partial charge in [0.2, 0.25) is 5.78 Å². The first-order valence-corrected chi connectivity index (χ1v) is 19.8. The third kappa shape index (κ3) is 7.06. The molecular weight excluding hydrogens is 629 g/mol. The second-order valence-corrected chi connectivity index (χ2v) is 18.7. The number of urea groups is 1. The summed E-state index contributed by atoms with van der Waals surface area (Å²) >= 11 is 1.52. The molecule has 4 saturated carbocycles. The van der Waals surface area contributed by atoms with Crippen molar-refractivity contribution in [2.75, 3.05) is 13.1 Å². The summed E-state index contributed by atoms with van der Waals surface area (Å²) in [5.41, 5.74) is 2.49. The van der Waals surface area contributed by atoms with Crippen LogP contribution in [0.4, 0.5) is 4.79 Å². The Hall–Kier alpha value is -2.48. The van der Waals surface area contributed by atoms with Crippen molar-refractivity contribution < 1.29 is 19.8 Å². The average Bonchev–Trinajstić information content (AvgIpc) is 3.59. The van der Waals surface area contributed by atoms with Crippen molar-refractivity contribution in [2.24, 2.45) is 28.6 Å². The van der Waals surface area contributed by atoms with Crippen LogP contribution in [0.5, 0.6) is 0 Å². The fourth-order valence-corrected chi connectivity index (χ4v) is 11.0. The molecule has 7 heteroatoms. The van der Waals surface area contributed by atoms with Crippen molar-refractivity contribution in [3.63, 3.8) is 0 Å². The molecule has 0 aliphatic heterocycles. The first-order valence-electron chi connectivity index (χ1n) is 19.0. The predicted molar refractivity (Wildman–Crippen MR) is 199 cm³/mol. The van der Waals surface area contributed by atoms with Gasteiger partial charge in [-0.05, 0) is 150 Å². The number of aliphatic hydroxyl groups excluding tert-OH is 1. The molecule has 1 aromatic heterocycles. The first kappa shape index (κ1) is 36.3. The molecule has 2 aromatic rings. The number of allylic oxidation sites excluding steroid dienone is 2. The number of aliphatic hydroxyl groups is 2. The van der Waals surface area contributed by atoms with Crippen molar-refractivity contribution >= 4 is 23.2 Å². The Morgan fingerprint density at radius 3 is 2.49 bits per heavy atom. The van der Waals surface area contributed by atoms with E-state index in [2.05, 4.69) is 51.2 Å². The van der Waals surface area contributed by atoms with E-state index in [-0.39, 0.29) is 30.3 Å². The molecule has 6 aliphatic carbocycles. The van der Waals surface area contributed by atoms with E-state index in [1.807, 2.05) is 43.9 Å². The number of amides is 2. The summed E-state index contributed by atoms with van der Waals surface area (Å²) in [6.07, 6.45) is 10.2. The number of nitrogens with zero attached hydrogens (tertiary/aromatic N) is 1. The number of carbonyl (C=O) groups is 2. The van der Waals surface area contributed by atoms with Crippen LogP contribution in [0.25, 0.3) is 0 Å². The van der Waals surface area contributed by atoms with Gasteiger partial charge in [-0.1, -0.05) is 44.6 Å². The van der Waals surface area contributed by atoms with Crippen LogP contribution in [0.2, 0.25) is 0 Å². The van der Waals surface area contributed by atoms with Gasteiger partial charge in [-0.25, -0.2) is 4.79 Å². The number of hydrogen-bond acceptors (Lipinski definition) is 5. The number of ketones is 1. The van der Waals surface area contributed by atoms with Crippen LogP contribution < -0.4 is 5.32 Å². The maximum atomic E-state index is 14.3. The van der Waals surface area contributed by atoms with E-state index < -0.39 is 17.1 Å². The molecule has 3 N–H and O–H groups in total. The molecule has 0 radical (unpaired) electrons. The van der Waals surface area contributed by atoms with E-state index in [0.29, 0.717) is 48.6 Å². The van der Waals surface area contributed by atoms with Gasteiger partial charge in [0.25, 0.3) is 0 Å². The molecule has 0 saturated heterocycles. The number of thiophene rings is 1. The standard InChI is InChI=1S/C42H60N2O4S/c1-26(2)43-39(47)44(24-30-13-14-31-23-36(30)40(31,5)6)25-42(48)20-18-35-33-16-12-29(22-34(33)38(46)37-17-11-28(4)49-37)21-32(45)15-10-27(3)9-8-19-41(35,42)7/h9,11-12,16-17,22,26,30-32,35-36,45,48H,8,10,13-15,18-21,23-25H2,1-7H3,(H,43,47)/t30-,31-,32-,35-,36-,41-,42+/m0/s1. The molecule has 8 rings (SSSR count). The molecule has 4 bridgehead atoms. The van der Waals surface area contributed by atoms with Gasteiger partial charge in [0, 0.05) is 28.4 Å². The highest BCUT2D eigenvalue weighted by atomic mass is 32.1. The normalized spacial score (nSPS) is 32.5. The van der Waals surface area contributed by atoms with Gasteiger partial charge < -0.3 is 20.4 Å². The van der Waals surface area contributed by atoms with Crippen molar-refractivity contribution in [1.29, 1.82) is 0 Å². The summed E-state index contributed by atoms with van der Waals surface area (Å²) in [6, 6.07) is 10.0. The first-order chi connectivity index (χ1) is 23.1. The molecular formula is C42H60N2O4S. The molecule has 268 valence electrons. The highest BCUT2D eigenvalue weighted by molar-refractivity contribution is 7.14. The summed E-state index contributed by atoms with van der Waals surface area (Å²) in [5, 5.41) is 27.2. The monoisotopic (exact) mass is 688 g/mol. The van der Waals surface area contributed by atoms with Crippen LogP contribution in [0.15, 0.2) is 42.0 Å². The molecule has 6 aliphatic rings. The zero-order chi connectivity index (χ0) is 35.3. The van der Waals surface area contributed by atoms with E-state index in [1.165, 1.54) is 29.8 Å². The van der Waals surface area contributed by atoms with Crippen LogP contribution in [0.1, 0.15) is 136 Å². The summed E-state index contributed by atoms with van der Waals surface area (Å²) < 4.78 is 0. The number of aryl methyl sites for hydroxylation is 1. The van der Waals surface area contributed by atoms with Gasteiger partial charge in [-0.3, -0.25) is 4.79 Å². The minimum atomic E-state index is -1.13. The zero-order valence-corrected chi connectivity index (χ0v) is 31.8. The lowest BCUT2D eigenvalue weighted by Gasteiger charge is -2.60. The van der Waals surface area contributed by atoms with E-state index in [4.69, 9.17) is 0 Å². The van der Waals surface area contributed by atoms with E-state index in [1.54, 1.807) is 0 Å². The van der Waals surface area contributed by atoms with Gasteiger partial charge in [-0.2, -0.15) is 0 Å². The van der Waals surface area contributed by atoms with E-state index >= 15 is 0 Å². The van der Waals surface area contributed by atoms with Gasteiger partial charge in [0.1, 0.15) is 0 Å². The second-order valence-electron chi connectivity index (χ2n) is 17.4. The van der Waals surface area contributed by atoms with Crippen LogP contribution in [-0.4, -0.2) is 57.8 Å². The maximum absolute atomic E-state index is 14.3. The lowest BCUT2D eigenvalue weighted by molar-refractivity contribution is -0.117. The Kier molecular flexibility index (Phi) is 10.3. The molecule has 1 aromatic carbocycles. The maximum Gasteiger partial charge on any atom is 0.317 e. The zero-order valence-electron chi connectivity index (χ0n) is 31.0. The largest absolute Gasteiger partial charge is 0.393 e. The Balaban J connectivity index is 1.39. The van der Waals surface area contributed by atoms with Crippen LogP contribution in [-0.2, 0) is 6.42 Å². The van der Waals surface area contributed by atoms with Crippen molar-refractivity contribution in [3.05, 3.63) is 68.4 Å². The Labute approximate surface area is 298 Å². The molecule has 6 nitrogen and oxygen atoms in total. The van der Waals surface area contributed by atoms with Crippen molar-refractivity contribution in [2.45, 2.75) is 136 Å². The number of carbonyl (C=O) groups excluding carboxylic acids is 2. The van der Waals surface area contributed by atoms with Crippen LogP contribution in [0, 0.1) is 35.5 Å². The third-order valence-electron chi connectivity index (χ3n) is 13.5. The van der Waals surface area contributed by atoms with Crippen LogP contribution in [0.3, 0.4) is 0 Å². The highest BCUT2D eigenvalue weighted by Crippen LogP contribution is 2.62. The molecule has 1 heterocycles. The number of benzene rings is 1. The topological polar surface area (TPSA) is 89.9 Å². The van der Waals surface area contributed by atoms with Gasteiger partial charge in [-0.15, -0.1) is 11.3 Å². The lowest BCUT2D eigenvalue weighted by Crippen LogP contribution is -2.59. The Morgan fingerprint density at radius 1 is 1.04 bits per heavy atom. The fourth-order valence-electron chi connectivity index (χ4n) is 10.2. The predicted octanol–water partition coefficient (Wildman–Crippen LogP) is 8.82. The number of rotatable bonds is 7. The van der Waals surface area contributed by atoms with Gasteiger partial charge >= 0.3 is 6.03 Å². The van der Waals surface area contributed by atoms with E-state index in [0.717, 1.165) is 58.9 Å². The summed E-state index contributed by atoms with van der Waals surface area (Å²) in [5.74, 6) is 1.78. The fraction of sp³-hybridized carbons (Fsp3) is 0.667. The highest BCUT2D eigenvalue weighted by Gasteiger charge is 2.59. The Morgan fingerprint density at radius 2 is 1.82 bits per heavy atom. The quantitative estimate of drug-likeness (QED) is 0.200. The number of nitrogens with one attached hydrogen (secondary N) is 1. The molecule has 0 spiro atoms. The Bertz CT molecular complexity index is 1570. The molecule has 2 amide bonds. The second kappa shape index (κ2) is 13.9. The van der Waals surface area contributed by atoms with Crippen molar-refractivity contribution in [1.82, 2.24) is 10.2 Å². The SMILES string of the molecule is CC1=CCC[C@@]2(C)[C@@H](CC[C@@]2(O)CN(C[C@@H]2CC[C@H]3C[C@@H]2C3(C)C)C(=O)NC(C)C)c2ccc(cc2C(=O)c2ccc(C)s2)C[C@@H](O)CC1. The average molecular weight is 689 g/mol. The molecule has 7 atom stereocenters. The smallest absolute Gasteiger partial charge is 0.317 e. The van der Waals surface area contributed by atoms with Gasteiger partial charge in [0.05, 0.1) is 23.1 Å².